The van der Waals surface area contributed by atoms with Gasteiger partial charge in [-0.2, -0.15) is 0 Å². The van der Waals surface area contributed by atoms with E-state index in [1.54, 1.807) is 0 Å². The molecular formula is C7H17CfN-2. The van der Waals surface area contributed by atoms with Crippen molar-refractivity contribution in [3.05, 3.63) is 13.2 Å². The van der Waals surface area contributed by atoms with Crippen molar-refractivity contribution in [2.24, 2.45) is 0 Å². The molecule has 0 aliphatic heterocycles. The first-order valence-corrected chi connectivity index (χ1v) is 3.02. The molecule has 1 unspecified atom stereocenters. The summed E-state index contributed by atoms with van der Waals surface area (Å²) < 4.78 is 0. The standard InChI is InChI=1S/C6H14N.CH3.Cf/c1-3-5-6(7)4-2;;/h6-7H,3-5H2,1-2H3;1H3;/q2*-1;. The van der Waals surface area contributed by atoms with Crippen molar-refractivity contribution in [1.82, 2.24) is 0 Å². The minimum atomic E-state index is 0. The minimum absolute atomic E-state index is 0. The quantitative estimate of drug-likeness (QED) is 0.686. The Labute approximate surface area is 53.3 Å². The van der Waals surface area contributed by atoms with E-state index in [1.807, 2.05) is 0 Å². The predicted octanol–water partition coefficient (Wildman–Crippen LogP) is 3.07. The molecule has 1 atom stereocenters. The second-order valence-corrected chi connectivity index (χ2v) is 1.89. The van der Waals surface area contributed by atoms with Crippen molar-refractivity contribution in [3.63, 3.8) is 0 Å². The fourth-order valence-electron chi connectivity index (χ4n) is 0.553. The van der Waals surface area contributed by atoms with Crippen LogP contribution in [0, 0.1) is 7.43 Å². The van der Waals surface area contributed by atoms with Crippen LogP contribution in [0.1, 0.15) is 33.1 Å². The monoisotopic (exact) mass is 364 g/mol. The molecule has 0 heterocycles. The van der Waals surface area contributed by atoms with E-state index in [-0.39, 0.29) is 13.5 Å². The minimum Gasteiger partial charge on any atom is -0.675 e. The Morgan fingerprint density at radius 3 is 1.89 bits per heavy atom. The maximum Gasteiger partial charge on any atom is 0 e. The summed E-state index contributed by atoms with van der Waals surface area (Å²) in [6, 6.07) is 0.199. The topological polar surface area (TPSA) is 23.8 Å². The van der Waals surface area contributed by atoms with Crippen LogP contribution in [0.25, 0.3) is 5.73 Å². The predicted molar refractivity (Wildman–Crippen MR) is 39.7 cm³/mol. The second-order valence-electron chi connectivity index (χ2n) is 1.89. The van der Waals surface area contributed by atoms with Crippen LogP contribution < -0.4 is 0 Å². The van der Waals surface area contributed by atoms with E-state index >= 15 is 0 Å². The van der Waals surface area contributed by atoms with Crippen molar-refractivity contribution >= 4 is 0 Å². The van der Waals surface area contributed by atoms with Crippen LogP contribution in [-0.4, -0.2) is 6.04 Å². The van der Waals surface area contributed by atoms with E-state index in [1.165, 1.54) is 0 Å². The molecular weight excluding hydrogens is 349 g/mol. The average molecular weight is 366 g/mol. The molecule has 0 saturated heterocycles. The Morgan fingerprint density at radius 2 is 1.78 bits per heavy atom. The van der Waals surface area contributed by atoms with Crippen LogP contribution in [0.4, 0.5) is 0 Å². The second kappa shape index (κ2) is 10.0. The molecule has 0 amide bonds. The van der Waals surface area contributed by atoms with Gasteiger partial charge in [0.15, 0.2) is 0 Å². The summed E-state index contributed by atoms with van der Waals surface area (Å²) in [4.78, 5) is 0. The fraction of sp³-hybridized carbons (Fsp3) is 0.857. The molecule has 0 aliphatic carbocycles. The Kier molecular flexibility index (Phi) is 17.5. The normalized spacial score (nSPS) is 11.0. The van der Waals surface area contributed by atoms with Crippen LogP contribution >= 0.6 is 0 Å². The van der Waals surface area contributed by atoms with Crippen LogP contribution in [0.2, 0.25) is 0 Å². The summed E-state index contributed by atoms with van der Waals surface area (Å²) in [5, 5.41) is 0. The van der Waals surface area contributed by atoms with Gasteiger partial charge in [0.1, 0.15) is 0 Å². The Morgan fingerprint density at radius 1 is 1.33 bits per heavy atom. The van der Waals surface area contributed by atoms with Gasteiger partial charge in [0.05, 0.1) is 0 Å². The zero-order chi connectivity index (χ0) is 5.70. The van der Waals surface area contributed by atoms with E-state index in [0.29, 0.717) is 0 Å². The summed E-state index contributed by atoms with van der Waals surface area (Å²) in [5.41, 5.74) is 7.22. The molecule has 0 aromatic heterocycles. The first-order valence-electron chi connectivity index (χ1n) is 3.02. The van der Waals surface area contributed by atoms with Crippen LogP contribution in [0.15, 0.2) is 0 Å². The van der Waals surface area contributed by atoms with Crippen molar-refractivity contribution < 1.29 is 0 Å². The van der Waals surface area contributed by atoms with Crippen molar-refractivity contribution in [2.45, 2.75) is 39.2 Å². The van der Waals surface area contributed by atoms with Crippen molar-refractivity contribution in [1.29, 1.82) is 0 Å². The number of rotatable bonds is 3. The van der Waals surface area contributed by atoms with E-state index in [9.17, 15) is 0 Å². The van der Waals surface area contributed by atoms with Gasteiger partial charge in [0.25, 0.3) is 0 Å². The average Bonchev–Trinajstić information content (AvgIpc) is 1.68. The van der Waals surface area contributed by atoms with Gasteiger partial charge in [-0.05, 0) is 0 Å². The maximum absolute atomic E-state index is 7.22. The third kappa shape index (κ3) is 10.9. The summed E-state index contributed by atoms with van der Waals surface area (Å²) in [6.45, 7) is 4.19. The molecule has 0 rings (SSSR count). The van der Waals surface area contributed by atoms with Gasteiger partial charge in [0.2, 0.25) is 0 Å². The molecule has 0 aromatic rings. The molecule has 0 aliphatic rings. The summed E-state index contributed by atoms with van der Waals surface area (Å²) in [5.74, 6) is 0. The van der Waals surface area contributed by atoms with Gasteiger partial charge in [-0.25, -0.2) is 0 Å². The van der Waals surface area contributed by atoms with Crippen LogP contribution in [-0.2, 0) is 0 Å². The number of nitrogens with one attached hydrogen (secondary N) is 1. The van der Waals surface area contributed by atoms with Crippen LogP contribution in [0.5, 0.6) is 0 Å². The molecule has 0 spiro atoms. The molecule has 0 aromatic carbocycles. The van der Waals surface area contributed by atoms with Crippen molar-refractivity contribution in [3.8, 4) is 0 Å². The van der Waals surface area contributed by atoms with Gasteiger partial charge < -0.3 is 13.2 Å². The summed E-state index contributed by atoms with van der Waals surface area (Å²) in [6.07, 6.45) is 3.23. The van der Waals surface area contributed by atoms with Gasteiger partial charge in [-0.1, -0.05) is 33.1 Å². The maximum atomic E-state index is 7.22. The molecule has 2 heteroatoms. The molecule has 1 nitrogen and oxygen atoms in total. The van der Waals surface area contributed by atoms with Gasteiger partial charge in [0, 0.05) is 0 Å². The summed E-state index contributed by atoms with van der Waals surface area (Å²) >= 11 is 0. The molecule has 9 heavy (non-hydrogen) atoms. The molecule has 0 radical (unpaired) electrons. The van der Waals surface area contributed by atoms with Gasteiger partial charge >= 0.3 is 0 Å². The third-order valence-corrected chi connectivity index (χ3v) is 1.13. The van der Waals surface area contributed by atoms with Crippen LogP contribution in [0.3, 0.4) is 0 Å². The first-order chi connectivity index (χ1) is 3.31. The number of hydrogen-bond acceptors (Lipinski definition) is 0. The van der Waals surface area contributed by atoms with E-state index in [0.717, 1.165) is 19.3 Å². The van der Waals surface area contributed by atoms with E-state index in [4.69, 9.17) is 5.73 Å². The fourth-order valence-corrected chi connectivity index (χ4v) is 0.553. The Hall–Kier alpha value is -1.04. The first kappa shape index (κ1) is 15.7. The molecule has 0 fully saturated rings. The smallest absolute Gasteiger partial charge is 0 e. The Balaban J connectivity index is -0.000000180. The van der Waals surface area contributed by atoms with Gasteiger partial charge in [-0.3, -0.25) is 0 Å². The molecule has 1 N–H and O–H groups in total. The third-order valence-electron chi connectivity index (χ3n) is 1.13. The number of hydrogen-bond donors (Lipinski definition) is 0. The van der Waals surface area contributed by atoms with E-state index in [2.05, 4.69) is 13.8 Å². The Bertz CT molecular complexity index is 39.9. The zero-order valence-electron chi connectivity index (χ0n) is 6.51. The largest absolute Gasteiger partial charge is 0.675 e. The summed E-state index contributed by atoms with van der Waals surface area (Å²) in [7, 11) is 0. The zero-order valence-corrected chi connectivity index (χ0v) is 9.15. The molecule has 0 bridgehead atoms. The van der Waals surface area contributed by atoms with E-state index < -0.39 is 0 Å². The van der Waals surface area contributed by atoms with Crippen molar-refractivity contribution in [2.75, 3.05) is 0 Å². The molecule has 0 saturated carbocycles. The molecule has 62 valence electrons. The van der Waals surface area contributed by atoms with Gasteiger partial charge in [-0.15, -0.1) is 6.04 Å². The SMILES string of the molecule is CCCC([NH-])CC.[CH3-].[Cf].